The van der Waals surface area contributed by atoms with E-state index in [4.69, 9.17) is 5.73 Å². The number of nitrogens with one attached hydrogen (secondary N) is 1. The number of aromatic nitrogens is 4. The van der Waals surface area contributed by atoms with E-state index >= 15 is 0 Å². The molecule has 39 heavy (non-hydrogen) atoms. The lowest BCUT2D eigenvalue weighted by molar-refractivity contribution is -0.116. The van der Waals surface area contributed by atoms with Crippen molar-refractivity contribution in [3.8, 4) is 11.8 Å². The maximum atomic E-state index is 13.8. The third-order valence-corrected chi connectivity index (χ3v) is 7.34. The minimum atomic E-state index is -0.649. The van der Waals surface area contributed by atoms with Crippen LogP contribution >= 0.6 is 0 Å². The number of hydrogen-bond acceptors (Lipinski definition) is 7. The van der Waals surface area contributed by atoms with Crippen molar-refractivity contribution in [2.75, 3.05) is 23.3 Å². The average molecular weight is 532 g/mol. The maximum absolute atomic E-state index is 13.8. The third kappa shape index (κ3) is 5.38. The molecule has 1 saturated heterocycles. The molecule has 3 N–H and O–H groups in total. The Labute approximate surface area is 225 Å². The molecule has 3 heterocycles. The summed E-state index contributed by atoms with van der Waals surface area (Å²) in [7, 11) is 1.53. The Morgan fingerprint density at radius 1 is 1.15 bits per heavy atom. The quantitative estimate of drug-likeness (QED) is 0.332. The van der Waals surface area contributed by atoms with Gasteiger partial charge in [0.1, 0.15) is 0 Å². The number of carbonyl (C=O) groups excluding carboxylic acids is 2. The predicted octanol–water partition coefficient (Wildman–Crippen LogP) is 1.47. The maximum Gasteiger partial charge on any atom is 0.332 e. The van der Waals surface area contributed by atoms with Crippen molar-refractivity contribution in [3.05, 3.63) is 50.7 Å². The van der Waals surface area contributed by atoms with E-state index in [2.05, 4.69) is 22.1 Å². The molecule has 1 atom stereocenters. The van der Waals surface area contributed by atoms with E-state index in [0.717, 1.165) is 36.8 Å². The lowest BCUT2D eigenvalue weighted by Crippen LogP contribution is -2.44. The highest BCUT2D eigenvalue weighted by Crippen LogP contribution is 2.32. The minimum absolute atomic E-state index is 0.0211. The summed E-state index contributed by atoms with van der Waals surface area (Å²) in [6.45, 7) is 2.73. The smallest absolute Gasteiger partial charge is 0.332 e. The molecule has 1 unspecified atom stereocenters. The van der Waals surface area contributed by atoms with Crippen molar-refractivity contribution in [3.63, 3.8) is 0 Å². The summed E-state index contributed by atoms with van der Waals surface area (Å²) in [6, 6.07) is 6.62. The van der Waals surface area contributed by atoms with E-state index in [9.17, 15) is 19.2 Å². The average Bonchev–Trinajstić information content (AvgIpc) is 3.65. The summed E-state index contributed by atoms with van der Waals surface area (Å²) in [5.41, 5.74) is 5.98. The Morgan fingerprint density at radius 3 is 2.64 bits per heavy atom. The van der Waals surface area contributed by atoms with Gasteiger partial charge in [0.25, 0.3) is 5.56 Å². The van der Waals surface area contributed by atoms with E-state index in [1.807, 2.05) is 4.90 Å². The molecule has 204 valence electrons. The standard InChI is InChI=1S/C28H33N7O4/c1-3-4-14-34-24-25(31-27(34)33-13-7-8-19(29)16-33)32(2)28(39)35(26(24)38)17-22(36)20-9-5-6-10-21(20)30-23(37)15-18-11-12-18/h5-6,9-10,18-19H,7-8,11-17,29H2,1-2H3,(H,30,37). The topological polar surface area (TPSA) is 137 Å². The predicted molar refractivity (Wildman–Crippen MR) is 149 cm³/mol. The molecule has 0 radical (unpaired) electrons. The summed E-state index contributed by atoms with van der Waals surface area (Å²) in [5.74, 6) is 6.16. The van der Waals surface area contributed by atoms with Gasteiger partial charge in [0.2, 0.25) is 11.9 Å². The number of para-hydroxylation sites is 1. The zero-order valence-electron chi connectivity index (χ0n) is 22.3. The number of amides is 1. The highest BCUT2D eigenvalue weighted by molar-refractivity contribution is 6.04. The van der Waals surface area contributed by atoms with Gasteiger partial charge in [-0.3, -0.25) is 28.1 Å². The molecule has 1 amide bonds. The summed E-state index contributed by atoms with van der Waals surface area (Å²) in [4.78, 5) is 59.6. The summed E-state index contributed by atoms with van der Waals surface area (Å²) in [5, 5.41) is 2.82. The fraction of sp³-hybridized carbons (Fsp3) is 0.464. The third-order valence-electron chi connectivity index (χ3n) is 7.34. The molecule has 2 aromatic heterocycles. The van der Waals surface area contributed by atoms with Crippen LogP contribution in [0.4, 0.5) is 11.6 Å². The lowest BCUT2D eigenvalue weighted by Gasteiger charge is -2.31. The first kappa shape index (κ1) is 26.4. The summed E-state index contributed by atoms with van der Waals surface area (Å²) in [6.07, 6.45) is 4.28. The van der Waals surface area contributed by atoms with E-state index in [1.54, 1.807) is 35.8 Å². The van der Waals surface area contributed by atoms with Gasteiger partial charge in [-0.25, -0.2) is 4.79 Å². The molecule has 0 bridgehead atoms. The van der Waals surface area contributed by atoms with Crippen LogP contribution in [0.3, 0.4) is 0 Å². The first-order valence-electron chi connectivity index (χ1n) is 13.3. The second kappa shape index (κ2) is 10.9. The Kier molecular flexibility index (Phi) is 7.39. The van der Waals surface area contributed by atoms with Crippen LogP contribution in [-0.4, -0.2) is 49.5 Å². The molecule has 3 aromatic rings. The molecular formula is C28H33N7O4. The number of anilines is 2. The van der Waals surface area contributed by atoms with Crippen LogP contribution in [0, 0.1) is 17.8 Å². The van der Waals surface area contributed by atoms with E-state index in [-0.39, 0.29) is 35.2 Å². The zero-order valence-corrected chi connectivity index (χ0v) is 22.3. The molecule has 1 saturated carbocycles. The Bertz CT molecular complexity index is 1620. The van der Waals surface area contributed by atoms with Crippen LogP contribution in [0.1, 0.15) is 49.4 Å². The SMILES string of the molecule is CC#CCn1c(N2CCCC(N)C2)nc2c1c(=O)n(CC(=O)c1ccccc1NC(=O)CC1CC1)c(=O)n2C. The molecule has 2 fully saturated rings. The zero-order chi connectivity index (χ0) is 27.7. The number of fused-ring (bicyclic) bond motifs is 1. The van der Waals surface area contributed by atoms with Gasteiger partial charge in [0, 0.05) is 38.2 Å². The molecule has 1 aliphatic heterocycles. The number of nitrogens with two attached hydrogens (primary N) is 1. The van der Waals surface area contributed by atoms with E-state index in [1.165, 1.54) is 11.6 Å². The minimum Gasteiger partial charge on any atom is -0.341 e. The van der Waals surface area contributed by atoms with Gasteiger partial charge >= 0.3 is 5.69 Å². The number of piperidine rings is 1. The molecule has 5 rings (SSSR count). The molecule has 11 nitrogen and oxygen atoms in total. The Balaban J connectivity index is 1.54. The van der Waals surface area contributed by atoms with Crippen LogP contribution in [0.5, 0.6) is 0 Å². The van der Waals surface area contributed by atoms with Crippen LogP contribution < -0.4 is 27.2 Å². The second-order valence-electron chi connectivity index (χ2n) is 10.3. The highest BCUT2D eigenvalue weighted by Gasteiger charge is 2.28. The largest absolute Gasteiger partial charge is 0.341 e. The fourth-order valence-corrected chi connectivity index (χ4v) is 5.09. The van der Waals surface area contributed by atoms with Gasteiger partial charge in [-0.1, -0.05) is 18.1 Å². The van der Waals surface area contributed by atoms with Gasteiger partial charge in [-0.05, 0) is 50.7 Å². The molecule has 1 aliphatic carbocycles. The molecule has 0 spiro atoms. The number of carbonyl (C=O) groups is 2. The van der Waals surface area contributed by atoms with Crippen LogP contribution in [0.25, 0.3) is 11.2 Å². The Hall–Kier alpha value is -4.17. The van der Waals surface area contributed by atoms with E-state index < -0.39 is 23.6 Å². The van der Waals surface area contributed by atoms with Gasteiger partial charge in [-0.2, -0.15) is 4.98 Å². The van der Waals surface area contributed by atoms with Gasteiger partial charge in [-0.15, -0.1) is 5.92 Å². The molecule has 2 aliphatic rings. The van der Waals surface area contributed by atoms with Crippen molar-refractivity contribution in [2.45, 2.75) is 58.2 Å². The number of aryl methyl sites for hydroxylation is 1. The van der Waals surface area contributed by atoms with Crippen molar-refractivity contribution >= 4 is 34.5 Å². The number of hydrogen-bond donors (Lipinski definition) is 2. The number of benzene rings is 1. The normalized spacial score (nSPS) is 17.1. The summed E-state index contributed by atoms with van der Waals surface area (Å²) < 4.78 is 3.92. The van der Waals surface area contributed by atoms with Gasteiger partial charge < -0.3 is 16.0 Å². The van der Waals surface area contributed by atoms with Crippen molar-refractivity contribution in [1.82, 2.24) is 18.7 Å². The molecule has 1 aromatic carbocycles. The molecular weight excluding hydrogens is 498 g/mol. The van der Waals surface area contributed by atoms with Crippen LogP contribution in [0.15, 0.2) is 33.9 Å². The van der Waals surface area contributed by atoms with Crippen LogP contribution in [-0.2, 0) is 24.9 Å². The number of ketones is 1. The van der Waals surface area contributed by atoms with Gasteiger partial charge in [0.15, 0.2) is 16.9 Å². The number of rotatable bonds is 8. The highest BCUT2D eigenvalue weighted by atomic mass is 16.2. The Morgan fingerprint density at radius 2 is 1.92 bits per heavy atom. The fourth-order valence-electron chi connectivity index (χ4n) is 5.09. The van der Waals surface area contributed by atoms with Gasteiger partial charge in [0.05, 0.1) is 18.8 Å². The number of Topliss-reactive ketones (excluding diaryl/α,β-unsaturated/α-hetero) is 1. The lowest BCUT2D eigenvalue weighted by atomic mass is 10.1. The molecule has 11 heteroatoms. The number of nitrogens with zero attached hydrogens (tertiary/aromatic N) is 5. The first-order valence-corrected chi connectivity index (χ1v) is 13.3. The van der Waals surface area contributed by atoms with Crippen molar-refractivity contribution in [1.29, 1.82) is 0 Å². The second-order valence-corrected chi connectivity index (χ2v) is 10.3. The monoisotopic (exact) mass is 531 g/mol. The van der Waals surface area contributed by atoms with E-state index in [0.29, 0.717) is 30.5 Å². The van der Waals surface area contributed by atoms with Crippen LogP contribution in [0.2, 0.25) is 0 Å². The first-order chi connectivity index (χ1) is 18.8. The van der Waals surface area contributed by atoms with Crippen molar-refractivity contribution in [2.24, 2.45) is 18.7 Å². The number of imidazole rings is 1. The summed E-state index contributed by atoms with van der Waals surface area (Å²) >= 11 is 0. The van der Waals surface area contributed by atoms with Crippen molar-refractivity contribution < 1.29 is 9.59 Å².